The Morgan fingerprint density at radius 3 is 2.32 bits per heavy atom. The van der Waals surface area contributed by atoms with Crippen LogP contribution in [0, 0.1) is 0 Å². The number of imidazole rings is 1. The Labute approximate surface area is 205 Å². The zero-order valence-electron chi connectivity index (χ0n) is 19.6. The second kappa shape index (κ2) is 15.9. The number of aromatic nitrogens is 5. The van der Waals surface area contributed by atoms with Crippen LogP contribution in [0.2, 0.25) is 6.04 Å². The highest BCUT2D eigenvalue weighted by Crippen LogP contribution is 2.18. The van der Waals surface area contributed by atoms with Crippen LogP contribution in [0.5, 0.6) is 0 Å². The highest BCUT2D eigenvalue weighted by Gasteiger charge is 2.39. The zero-order chi connectivity index (χ0) is 21.7. The molecule has 0 saturated carbocycles. The highest BCUT2D eigenvalue weighted by molar-refractivity contribution is 6.60. The number of nitrogens with zero attached hydrogens (tertiary/aromatic N) is 5. The van der Waals surface area contributed by atoms with E-state index in [1.54, 1.807) is 0 Å². The predicted molar refractivity (Wildman–Crippen MR) is 118 cm³/mol. The largest absolute Gasteiger partial charge is 1.00 e. The summed E-state index contributed by atoms with van der Waals surface area (Å²) < 4.78 is 24.2. The van der Waals surface area contributed by atoms with Crippen LogP contribution in [0.3, 0.4) is 0 Å². The van der Waals surface area contributed by atoms with Gasteiger partial charge in [-0.2, -0.15) is 0 Å². The molecule has 0 aliphatic rings. The summed E-state index contributed by atoms with van der Waals surface area (Å²) in [5.74, 6) is 0. The second-order valence-electron chi connectivity index (χ2n) is 7.40. The van der Waals surface area contributed by atoms with Gasteiger partial charge in [-0.25, -0.2) is 9.13 Å². The van der Waals surface area contributed by atoms with Gasteiger partial charge in [0.05, 0.1) is 18.8 Å². The van der Waals surface area contributed by atoms with Crippen LogP contribution in [-0.2, 0) is 39.3 Å². The van der Waals surface area contributed by atoms with Crippen LogP contribution >= 0.6 is 0 Å². The van der Waals surface area contributed by atoms with Gasteiger partial charge >= 0.3 is 8.80 Å². The van der Waals surface area contributed by atoms with E-state index < -0.39 is 8.80 Å². The summed E-state index contributed by atoms with van der Waals surface area (Å²) in [4.78, 5) is 0. The Kier molecular flexibility index (Phi) is 14.5. The van der Waals surface area contributed by atoms with Crippen molar-refractivity contribution in [1.82, 2.24) is 19.6 Å². The summed E-state index contributed by atoms with van der Waals surface area (Å²) in [5.41, 5.74) is 1.05. The Bertz CT molecular complexity index is 696. The van der Waals surface area contributed by atoms with Crippen LogP contribution in [0.1, 0.15) is 59.1 Å². The molecule has 0 amide bonds. The van der Waals surface area contributed by atoms with Crippen molar-refractivity contribution in [2.24, 2.45) is 0 Å². The van der Waals surface area contributed by atoms with Crippen molar-refractivity contribution >= 4 is 8.80 Å². The monoisotopic (exact) mass is 565 g/mol. The smallest absolute Gasteiger partial charge is 0.500 e. The molecule has 0 atom stereocenters. The van der Waals surface area contributed by atoms with Crippen LogP contribution in [0.4, 0.5) is 0 Å². The van der Waals surface area contributed by atoms with Gasteiger partial charge < -0.3 is 37.3 Å². The van der Waals surface area contributed by atoms with Gasteiger partial charge in [0.2, 0.25) is 6.33 Å². The van der Waals surface area contributed by atoms with Gasteiger partial charge in [0.25, 0.3) is 0 Å². The molecular formula is C21H40IN5O3Si. The fourth-order valence-electron chi connectivity index (χ4n) is 3.51. The fourth-order valence-corrected chi connectivity index (χ4v) is 6.10. The molecule has 0 saturated heterocycles. The van der Waals surface area contributed by atoms with E-state index in [1.165, 1.54) is 12.8 Å². The molecule has 31 heavy (non-hydrogen) atoms. The Hall–Kier alpha value is -0.823. The minimum atomic E-state index is -2.57. The highest BCUT2D eigenvalue weighted by atomic mass is 127. The number of aryl methyl sites for hydroxylation is 4. The molecule has 0 radical (unpaired) electrons. The van der Waals surface area contributed by atoms with E-state index in [1.807, 2.05) is 25.5 Å². The first-order chi connectivity index (χ1) is 14.6. The minimum absolute atomic E-state index is 0. The van der Waals surface area contributed by atoms with Gasteiger partial charge in [-0.1, -0.05) is 18.6 Å². The zero-order valence-corrected chi connectivity index (χ0v) is 22.8. The lowest BCUT2D eigenvalue weighted by Gasteiger charge is -2.28. The van der Waals surface area contributed by atoms with Gasteiger partial charge in [0.15, 0.2) is 0 Å². The van der Waals surface area contributed by atoms with Gasteiger partial charge in [0, 0.05) is 38.6 Å². The molecule has 0 aliphatic heterocycles. The van der Waals surface area contributed by atoms with Crippen LogP contribution in [0.25, 0.3) is 0 Å². The molecular weight excluding hydrogens is 525 g/mol. The van der Waals surface area contributed by atoms with Gasteiger partial charge in [0.1, 0.15) is 12.4 Å². The fraction of sp³-hybridized carbons (Fsp3) is 0.762. The molecule has 0 unspecified atom stereocenters. The summed E-state index contributed by atoms with van der Waals surface area (Å²) in [6, 6.07) is 0.795. The molecule has 0 spiro atoms. The molecule has 0 aliphatic carbocycles. The van der Waals surface area contributed by atoms with Gasteiger partial charge in [-0.3, -0.25) is 4.68 Å². The van der Waals surface area contributed by atoms with Crippen LogP contribution < -0.4 is 28.5 Å². The van der Waals surface area contributed by atoms with Crippen molar-refractivity contribution < 1.29 is 41.8 Å². The van der Waals surface area contributed by atoms with Crippen LogP contribution in [-0.4, -0.2) is 48.2 Å². The predicted octanol–water partition coefficient (Wildman–Crippen LogP) is 0.243. The second-order valence-corrected chi connectivity index (χ2v) is 10.1. The third-order valence-electron chi connectivity index (χ3n) is 4.91. The Balaban J connectivity index is 0.00000480. The number of rotatable bonds is 17. The molecule has 10 heteroatoms. The number of halogens is 1. The van der Waals surface area contributed by atoms with E-state index >= 15 is 0 Å². The maximum absolute atomic E-state index is 5.92. The van der Waals surface area contributed by atoms with Crippen molar-refractivity contribution in [1.29, 1.82) is 0 Å². The molecule has 0 bridgehead atoms. The summed E-state index contributed by atoms with van der Waals surface area (Å²) in [5, 5.41) is 8.62. The topological polar surface area (TPSA) is 67.2 Å². The molecule has 2 rings (SSSR count). The molecule has 2 aromatic heterocycles. The van der Waals surface area contributed by atoms with E-state index in [2.05, 4.69) is 51.3 Å². The molecule has 0 fully saturated rings. The summed E-state index contributed by atoms with van der Waals surface area (Å²) in [7, 11) is -2.57. The lowest BCUT2D eigenvalue weighted by atomic mass is 10.2. The lowest BCUT2D eigenvalue weighted by molar-refractivity contribution is -0.696. The number of unbranched alkanes of at least 4 members (excludes halogenated alkanes) is 1. The molecule has 0 aromatic carbocycles. The lowest BCUT2D eigenvalue weighted by Crippen LogP contribution is -3.00. The first-order valence-electron chi connectivity index (χ1n) is 11.5. The quantitative estimate of drug-likeness (QED) is 0.156. The molecule has 2 heterocycles. The van der Waals surface area contributed by atoms with Crippen molar-refractivity contribution in [3.05, 3.63) is 30.6 Å². The SMILES string of the molecule is CCCCn1cc[n+](CCCc2cn(CCC[Si](OCC)(OCC)OCC)nn2)c1.[I-]. The molecule has 178 valence electrons. The van der Waals surface area contributed by atoms with E-state index in [-0.39, 0.29) is 24.0 Å². The normalized spacial score (nSPS) is 11.6. The van der Waals surface area contributed by atoms with Crippen molar-refractivity contribution in [2.45, 2.75) is 85.5 Å². The third kappa shape index (κ3) is 10.1. The minimum Gasteiger partial charge on any atom is -1.00 e. The Morgan fingerprint density at radius 2 is 1.68 bits per heavy atom. The standard InChI is InChI=1S/C21H40N5O3Si.HI/c1-5-9-13-24-16-17-25(20-24)14-10-12-21-19-26(23-22-21)15-11-18-30(27-6-2,28-7-3)29-8-4;/h16-17,19-20H,5-15,18H2,1-4H3;1H/q+1;/p-1. The summed E-state index contributed by atoms with van der Waals surface area (Å²) >= 11 is 0. The van der Waals surface area contributed by atoms with E-state index in [0.717, 1.165) is 50.6 Å². The average molecular weight is 566 g/mol. The third-order valence-corrected chi connectivity index (χ3v) is 8.07. The van der Waals surface area contributed by atoms with E-state index in [0.29, 0.717) is 19.8 Å². The van der Waals surface area contributed by atoms with E-state index in [4.69, 9.17) is 13.3 Å². The maximum atomic E-state index is 5.92. The maximum Gasteiger partial charge on any atom is 0.500 e. The van der Waals surface area contributed by atoms with Crippen LogP contribution in [0.15, 0.2) is 24.9 Å². The summed E-state index contributed by atoms with van der Waals surface area (Å²) in [6.45, 7) is 12.9. The van der Waals surface area contributed by atoms with Crippen molar-refractivity contribution in [2.75, 3.05) is 19.8 Å². The van der Waals surface area contributed by atoms with Gasteiger partial charge in [-0.15, -0.1) is 5.10 Å². The number of hydrogen-bond donors (Lipinski definition) is 0. The molecule has 2 aromatic rings. The van der Waals surface area contributed by atoms with Crippen molar-refractivity contribution in [3.8, 4) is 0 Å². The average Bonchev–Trinajstić information content (AvgIpc) is 3.37. The molecule has 8 nitrogen and oxygen atoms in total. The first kappa shape index (κ1) is 28.2. The first-order valence-corrected chi connectivity index (χ1v) is 13.4. The number of hydrogen-bond acceptors (Lipinski definition) is 5. The Morgan fingerprint density at radius 1 is 0.968 bits per heavy atom. The molecule has 0 N–H and O–H groups in total. The van der Waals surface area contributed by atoms with Gasteiger partial charge in [-0.05, 0) is 46.5 Å². The van der Waals surface area contributed by atoms with E-state index in [9.17, 15) is 0 Å². The van der Waals surface area contributed by atoms with Crippen molar-refractivity contribution in [3.63, 3.8) is 0 Å². The summed E-state index contributed by atoms with van der Waals surface area (Å²) in [6.07, 6.45) is 13.9.